The van der Waals surface area contributed by atoms with Gasteiger partial charge in [0.25, 0.3) is 0 Å². The van der Waals surface area contributed by atoms with Crippen LogP contribution in [-0.2, 0) is 4.74 Å². The Morgan fingerprint density at radius 1 is 0.955 bits per heavy atom. The van der Waals surface area contributed by atoms with Gasteiger partial charge in [0, 0.05) is 51.1 Å². The molecule has 3 fully saturated rings. The molecule has 5 heteroatoms. The lowest BCUT2D eigenvalue weighted by atomic mass is 10.0. The van der Waals surface area contributed by atoms with Crippen LogP contribution in [0.3, 0.4) is 0 Å². The fourth-order valence-corrected chi connectivity index (χ4v) is 3.94. The van der Waals surface area contributed by atoms with Gasteiger partial charge in [-0.15, -0.1) is 0 Å². The lowest BCUT2D eigenvalue weighted by Crippen LogP contribution is -2.55. The molecule has 3 aliphatic rings. The van der Waals surface area contributed by atoms with Crippen molar-refractivity contribution in [3.8, 4) is 0 Å². The largest absolute Gasteiger partial charge is 0.381 e. The van der Waals surface area contributed by atoms with Crippen LogP contribution in [0.15, 0.2) is 30.3 Å². The molecule has 3 heterocycles. The zero-order valence-electron chi connectivity index (χ0n) is 12.9. The second kappa shape index (κ2) is 5.89. The minimum Gasteiger partial charge on any atom is -0.381 e. The molecular weight excluding hydrogens is 278 g/mol. The molecule has 2 amide bonds. The predicted molar refractivity (Wildman–Crippen MR) is 85.1 cm³/mol. The number of benzene rings is 1. The number of amides is 2. The van der Waals surface area contributed by atoms with Gasteiger partial charge >= 0.3 is 6.03 Å². The molecule has 0 aromatic heterocycles. The van der Waals surface area contributed by atoms with E-state index < -0.39 is 0 Å². The van der Waals surface area contributed by atoms with Gasteiger partial charge in [0.1, 0.15) is 0 Å². The summed E-state index contributed by atoms with van der Waals surface area (Å²) in [6, 6.07) is 11.1. The normalized spacial score (nSPS) is 27.3. The molecule has 0 bridgehead atoms. The summed E-state index contributed by atoms with van der Waals surface area (Å²) in [4.78, 5) is 19.2. The van der Waals surface area contributed by atoms with E-state index in [0.717, 1.165) is 57.9 Å². The third-order valence-corrected chi connectivity index (χ3v) is 5.16. The van der Waals surface area contributed by atoms with Crippen molar-refractivity contribution in [1.29, 1.82) is 0 Å². The molecule has 3 saturated heterocycles. The fourth-order valence-electron chi connectivity index (χ4n) is 3.94. The van der Waals surface area contributed by atoms with Crippen LogP contribution in [0.2, 0.25) is 0 Å². The average molecular weight is 301 g/mol. The number of urea groups is 1. The van der Waals surface area contributed by atoms with Gasteiger partial charge < -0.3 is 9.64 Å². The minimum atomic E-state index is 0.169. The van der Waals surface area contributed by atoms with Gasteiger partial charge in [0.05, 0.1) is 6.04 Å². The predicted octanol–water partition coefficient (Wildman–Crippen LogP) is 1.79. The van der Waals surface area contributed by atoms with Gasteiger partial charge in [0.15, 0.2) is 0 Å². The summed E-state index contributed by atoms with van der Waals surface area (Å²) in [5, 5.41) is 0. The van der Waals surface area contributed by atoms with E-state index in [1.54, 1.807) is 0 Å². The van der Waals surface area contributed by atoms with Gasteiger partial charge in [-0.05, 0) is 25.0 Å². The number of nitrogens with zero attached hydrogens (tertiary/aromatic N) is 3. The number of rotatable bonds is 2. The van der Waals surface area contributed by atoms with Crippen molar-refractivity contribution in [1.82, 2.24) is 9.80 Å². The molecule has 1 atom stereocenters. The summed E-state index contributed by atoms with van der Waals surface area (Å²) < 4.78 is 5.47. The molecule has 0 spiro atoms. The fraction of sp³-hybridized carbons (Fsp3) is 0.588. The summed E-state index contributed by atoms with van der Waals surface area (Å²) in [5.74, 6) is 0. The van der Waals surface area contributed by atoms with E-state index in [0.29, 0.717) is 12.1 Å². The van der Waals surface area contributed by atoms with E-state index in [1.807, 2.05) is 35.2 Å². The minimum absolute atomic E-state index is 0.169. The molecule has 0 aliphatic carbocycles. The standard InChI is InChI=1S/C17H23N3O2/c21-17-19-9-8-18(14-6-10-22-11-7-14)12-16(19)13-20(17)15-4-2-1-3-5-15/h1-5,14,16H,6-13H2. The first-order valence-electron chi connectivity index (χ1n) is 8.28. The molecule has 22 heavy (non-hydrogen) atoms. The number of ether oxygens (including phenoxy) is 1. The topological polar surface area (TPSA) is 36.0 Å². The van der Waals surface area contributed by atoms with E-state index in [2.05, 4.69) is 9.80 Å². The van der Waals surface area contributed by atoms with Crippen molar-refractivity contribution < 1.29 is 9.53 Å². The Balaban J connectivity index is 1.46. The smallest absolute Gasteiger partial charge is 0.324 e. The first-order chi connectivity index (χ1) is 10.8. The summed E-state index contributed by atoms with van der Waals surface area (Å²) >= 11 is 0. The third kappa shape index (κ3) is 2.48. The maximum Gasteiger partial charge on any atom is 0.324 e. The molecule has 4 rings (SSSR count). The highest BCUT2D eigenvalue weighted by molar-refractivity contribution is 5.94. The summed E-state index contributed by atoms with van der Waals surface area (Å²) in [7, 11) is 0. The highest BCUT2D eigenvalue weighted by atomic mass is 16.5. The van der Waals surface area contributed by atoms with Gasteiger partial charge in [-0.1, -0.05) is 18.2 Å². The van der Waals surface area contributed by atoms with Crippen molar-refractivity contribution in [2.75, 3.05) is 44.3 Å². The van der Waals surface area contributed by atoms with Crippen molar-refractivity contribution in [3.63, 3.8) is 0 Å². The first-order valence-corrected chi connectivity index (χ1v) is 8.28. The zero-order valence-corrected chi connectivity index (χ0v) is 12.9. The zero-order chi connectivity index (χ0) is 14.9. The highest BCUT2D eigenvalue weighted by Gasteiger charge is 2.42. The monoisotopic (exact) mass is 301 g/mol. The quantitative estimate of drug-likeness (QED) is 0.835. The van der Waals surface area contributed by atoms with Crippen LogP contribution in [-0.4, -0.2) is 67.3 Å². The second-order valence-electron chi connectivity index (χ2n) is 6.41. The second-order valence-corrected chi connectivity index (χ2v) is 6.41. The van der Waals surface area contributed by atoms with Crippen LogP contribution in [0.1, 0.15) is 12.8 Å². The number of carbonyl (C=O) groups is 1. The van der Waals surface area contributed by atoms with Gasteiger partial charge in [0.2, 0.25) is 0 Å². The van der Waals surface area contributed by atoms with E-state index in [9.17, 15) is 4.79 Å². The van der Waals surface area contributed by atoms with E-state index in [1.165, 1.54) is 0 Å². The van der Waals surface area contributed by atoms with Crippen LogP contribution < -0.4 is 4.90 Å². The summed E-state index contributed by atoms with van der Waals surface area (Å²) in [5.41, 5.74) is 1.01. The van der Waals surface area contributed by atoms with Gasteiger partial charge in [-0.2, -0.15) is 0 Å². The lowest BCUT2D eigenvalue weighted by Gasteiger charge is -2.42. The Kier molecular flexibility index (Phi) is 3.76. The molecule has 3 aliphatic heterocycles. The summed E-state index contributed by atoms with van der Waals surface area (Å²) in [6.07, 6.45) is 2.26. The number of hydrogen-bond donors (Lipinski definition) is 0. The molecular formula is C17H23N3O2. The average Bonchev–Trinajstić information content (AvgIpc) is 2.93. The molecule has 0 N–H and O–H groups in total. The first kappa shape index (κ1) is 14.0. The number of fused-ring (bicyclic) bond motifs is 1. The molecule has 0 radical (unpaired) electrons. The summed E-state index contributed by atoms with van der Waals surface area (Å²) in [6.45, 7) is 5.41. The van der Waals surface area contributed by atoms with Crippen LogP contribution in [0, 0.1) is 0 Å². The Morgan fingerprint density at radius 3 is 2.50 bits per heavy atom. The van der Waals surface area contributed by atoms with E-state index in [4.69, 9.17) is 4.74 Å². The van der Waals surface area contributed by atoms with Crippen LogP contribution in [0.5, 0.6) is 0 Å². The lowest BCUT2D eigenvalue weighted by molar-refractivity contribution is 0.0109. The van der Waals surface area contributed by atoms with E-state index >= 15 is 0 Å². The van der Waals surface area contributed by atoms with Crippen LogP contribution >= 0.6 is 0 Å². The maximum atomic E-state index is 12.6. The molecule has 1 aromatic rings. The SMILES string of the molecule is O=C1N(c2ccccc2)CC2CN(C3CCOCC3)CCN12. The third-order valence-electron chi connectivity index (χ3n) is 5.16. The number of hydrogen-bond acceptors (Lipinski definition) is 3. The van der Waals surface area contributed by atoms with Crippen LogP contribution in [0.25, 0.3) is 0 Å². The molecule has 118 valence electrons. The Morgan fingerprint density at radius 2 is 1.73 bits per heavy atom. The van der Waals surface area contributed by atoms with Crippen molar-refractivity contribution in [3.05, 3.63) is 30.3 Å². The number of carbonyl (C=O) groups excluding carboxylic acids is 1. The highest BCUT2D eigenvalue weighted by Crippen LogP contribution is 2.28. The van der Waals surface area contributed by atoms with Crippen molar-refractivity contribution in [2.24, 2.45) is 0 Å². The number of anilines is 1. The Bertz CT molecular complexity index is 530. The maximum absolute atomic E-state index is 12.6. The van der Waals surface area contributed by atoms with Crippen molar-refractivity contribution in [2.45, 2.75) is 24.9 Å². The molecule has 5 nitrogen and oxygen atoms in total. The van der Waals surface area contributed by atoms with Gasteiger partial charge in [-0.3, -0.25) is 9.80 Å². The molecule has 1 unspecified atom stereocenters. The number of para-hydroxylation sites is 1. The Labute approximate surface area is 131 Å². The van der Waals surface area contributed by atoms with Crippen LogP contribution in [0.4, 0.5) is 10.5 Å². The van der Waals surface area contributed by atoms with Crippen molar-refractivity contribution >= 4 is 11.7 Å². The van der Waals surface area contributed by atoms with Gasteiger partial charge in [-0.25, -0.2) is 4.79 Å². The molecule has 1 aromatic carbocycles. The Hall–Kier alpha value is -1.59. The number of piperazine rings is 1. The molecule has 0 saturated carbocycles. The van der Waals surface area contributed by atoms with E-state index in [-0.39, 0.29) is 6.03 Å².